The molecule has 9 heteroatoms. The minimum atomic E-state index is -3.71. The minimum absolute atomic E-state index is 0.171. The third-order valence-electron chi connectivity index (χ3n) is 4.67. The Balaban J connectivity index is 1.77. The van der Waals surface area contributed by atoms with E-state index >= 15 is 0 Å². The standard InChI is InChI=1S/C21H25ClN4O2S2/c1-4-5-19(25-30(27,28)18-12-10-17(22)11-13-18)20-23-24-21(26(20)3)29-14-16-8-6-15(2)7-9-16/h6-13,19,25H,4-5,14H2,1-3H3. The molecule has 2 aromatic carbocycles. The first kappa shape index (κ1) is 22.8. The Labute approximate surface area is 187 Å². The number of hydrogen-bond acceptors (Lipinski definition) is 5. The molecule has 0 radical (unpaired) electrons. The largest absolute Gasteiger partial charge is 0.308 e. The Morgan fingerprint density at radius 2 is 1.77 bits per heavy atom. The van der Waals surface area contributed by atoms with Gasteiger partial charge in [-0.25, -0.2) is 13.1 Å². The van der Waals surface area contributed by atoms with E-state index in [1.54, 1.807) is 23.9 Å². The van der Waals surface area contributed by atoms with Gasteiger partial charge in [-0.2, -0.15) is 0 Å². The summed E-state index contributed by atoms with van der Waals surface area (Å²) >= 11 is 7.45. The van der Waals surface area contributed by atoms with Crippen LogP contribution in [0.2, 0.25) is 5.02 Å². The van der Waals surface area contributed by atoms with E-state index in [0.29, 0.717) is 17.3 Å². The van der Waals surface area contributed by atoms with E-state index in [4.69, 9.17) is 11.6 Å². The quantitative estimate of drug-likeness (QED) is 0.456. The number of aryl methyl sites for hydroxylation is 1. The molecule has 0 saturated heterocycles. The van der Waals surface area contributed by atoms with Crippen LogP contribution in [0, 0.1) is 6.92 Å². The van der Waals surface area contributed by atoms with Gasteiger partial charge in [0.1, 0.15) is 0 Å². The lowest BCUT2D eigenvalue weighted by Crippen LogP contribution is -2.30. The normalized spacial score (nSPS) is 12.8. The van der Waals surface area contributed by atoms with Crippen LogP contribution >= 0.6 is 23.4 Å². The maximum Gasteiger partial charge on any atom is 0.241 e. The van der Waals surface area contributed by atoms with E-state index in [2.05, 4.69) is 46.1 Å². The highest BCUT2D eigenvalue weighted by atomic mass is 35.5. The van der Waals surface area contributed by atoms with Crippen LogP contribution in [0.4, 0.5) is 0 Å². The molecule has 0 bridgehead atoms. The van der Waals surface area contributed by atoms with Crippen molar-refractivity contribution in [2.24, 2.45) is 7.05 Å². The summed E-state index contributed by atoms with van der Waals surface area (Å²) in [5.41, 5.74) is 2.42. The summed E-state index contributed by atoms with van der Waals surface area (Å²) in [5, 5.41) is 9.82. The molecule has 30 heavy (non-hydrogen) atoms. The van der Waals surface area contributed by atoms with E-state index in [1.165, 1.54) is 23.3 Å². The van der Waals surface area contributed by atoms with Gasteiger partial charge in [0, 0.05) is 17.8 Å². The molecule has 0 aliphatic carbocycles. The van der Waals surface area contributed by atoms with Crippen molar-refractivity contribution < 1.29 is 8.42 Å². The van der Waals surface area contributed by atoms with Gasteiger partial charge >= 0.3 is 0 Å². The second-order valence-electron chi connectivity index (χ2n) is 7.09. The van der Waals surface area contributed by atoms with Crippen LogP contribution < -0.4 is 4.72 Å². The van der Waals surface area contributed by atoms with Gasteiger partial charge in [0.2, 0.25) is 10.0 Å². The van der Waals surface area contributed by atoms with Crippen LogP contribution in [-0.2, 0) is 22.8 Å². The molecule has 0 saturated carbocycles. The molecular formula is C21H25ClN4O2S2. The molecule has 0 spiro atoms. The smallest absolute Gasteiger partial charge is 0.241 e. The predicted octanol–water partition coefficient (Wildman–Crippen LogP) is 4.89. The summed E-state index contributed by atoms with van der Waals surface area (Å²) in [6, 6.07) is 14.0. The molecule has 6 nitrogen and oxygen atoms in total. The Morgan fingerprint density at radius 1 is 1.10 bits per heavy atom. The highest BCUT2D eigenvalue weighted by molar-refractivity contribution is 7.98. The van der Waals surface area contributed by atoms with Crippen molar-refractivity contribution in [3.63, 3.8) is 0 Å². The highest BCUT2D eigenvalue weighted by Gasteiger charge is 2.25. The monoisotopic (exact) mass is 464 g/mol. The number of thioether (sulfide) groups is 1. The van der Waals surface area contributed by atoms with E-state index in [0.717, 1.165) is 17.3 Å². The van der Waals surface area contributed by atoms with Gasteiger partial charge in [-0.1, -0.05) is 66.5 Å². The Kier molecular flexibility index (Phi) is 7.57. The lowest BCUT2D eigenvalue weighted by molar-refractivity contribution is 0.505. The number of sulfonamides is 1. The van der Waals surface area contributed by atoms with Crippen LogP contribution in [0.1, 0.15) is 42.8 Å². The molecule has 1 unspecified atom stereocenters. The summed E-state index contributed by atoms with van der Waals surface area (Å²) in [4.78, 5) is 0.171. The summed E-state index contributed by atoms with van der Waals surface area (Å²) < 4.78 is 30.3. The van der Waals surface area contributed by atoms with Gasteiger partial charge in [0.25, 0.3) is 0 Å². The highest BCUT2D eigenvalue weighted by Crippen LogP contribution is 2.26. The van der Waals surface area contributed by atoms with E-state index in [9.17, 15) is 8.42 Å². The number of halogens is 1. The van der Waals surface area contributed by atoms with Gasteiger partial charge < -0.3 is 4.57 Å². The number of nitrogens with zero attached hydrogens (tertiary/aromatic N) is 3. The molecule has 0 fully saturated rings. The average Bonchev–Trinajstić information content (AvgIpc) is 3.08. The second-order valence-corrected chi connectivity index (χ2v) is 10.2. The van der Waals surface area contributed by atoms with Crippen molar-refractivity contribution in [1.82, 2.24) is 19.5 Å². The van der Waals surface area contributed by atoms with Crippen molar-refractivity contribution in [3.8, 4) is 0 Å². The molecular weight excluding hydrogens is 440 g/mol. The molecule has 1 aromatic heterocycles. The lowest BCUT2D eigenvalue weighted by Gasteiger charge is -2.18. The van der Waals surface area contributed by atoms with Crippen LogP contribution in [0.15, 0.2) is 58.6 Å². The van der Waals surface area contributed by atoms with Crippen LogP contribution in [0.25, 0.3) is 0 Å². The maximum absolute atomic E-state index is 12.8. The molecule has 0 amide bonds. The fourth-order valence-electron chi connectivity index (χ4n) is 2.99. The average molecular weight is 465 g/mol. The number of benzene rings is 2. The molecule has 3 aromatic rings. The first-order chi connectivity index (χ1) is 14.3. The molecule has 1 N–H and O–H groups in total. The third kappa shape index (κ3) is 5.63. The van der Waals surface area contributed by atoms with Crippen molar-refractivity contribution >= 4 is 33.4 Å². The topological polar surface area (TPSA) is 76.9 Å². The number of hydrogen-bond donors (Lipinski definition) is 1. The molecule has 0 aliphatic heterocycles. The molecule has 160 valence electrons. The third-order valence-corrected chi connectivity index (χ3v) is 7.50. The summed E-state index contributed by atoms with van der Waals surface area (Å²) in [5.74, 6) is 1.36. The van der Waals surface area contributed by atoms with Gasteiger partial charge in [-0.3, -0.25) is 0 Å². The maximum atomic E-state index is 12.8. The van der Waals surface area contributed by atoms with Gasteiger partial charge in [0.05, 0.1) is 10.9 Å². The fourth-order valence-corrected chi connectivity index (χ4v) is 5.21. The molecule has 1 heterocycles. The van der Waals surface area contributed by atoms with Gasteiger partial charge in [-0.05, 0) is 43.2 Å². The molecule has 3 rings (SSSR count). The summed E-state index contributed by atoms with van der Waals surface area (Å²) in [6.07, 6.45) is 1.41. The van der Waals surface area contributed by atoms with Crippen molar-refractivity contribution in [3.05, 3.63) is 70.5 Å². The Bertz CT molecular complexity index is 1080. The first-order valence-corrected chi connectivity index (χ1v) is 12.5. The minimum Gasteiger partial charge on any atom is -0.308 e. The molecule has 1 atom stereocenters. The van der Waals surface area contributed by atoms with E-state index in [1.807, 2.05) is 18.5 Å². The SMILES string of the molecule is CCCC(NS(=O)(=O)c1ccc(Cl)cc1)c1nnc(SCc2ccc(C)cc2)n1C. The zero-order valence-corrected chi connectivity index (χ0v) is 19.6. The fraction of sp³-hybridized carbons (Fsp3) is 0.333. The number of aromatic nitrogens is 3. The summed E-state index contributed by atoms with van der Waals surface area (Å²) in [7, 11) is -1.84. The Hall–Kier alpha value is -1.87. The zero-order valence-electron chi connectivity index (χ0n) is 17.2. The number of nitrogens with one attached hydrogen (secondary N) is 1. The van der Waals surface area contributed by atoms with Crippen molar-refractivity contribution in [2.45, 2.75) is 48.5 Å². The van der Waals surface area contributed by atoms with E-state index < -0.39 is 16.1 Å². The number of rotatable bonds is 9. The lowest BCUT2D eigenvalue weighted by atomic mass is 10.2. The van der Waals surface area contributed by atoms with Crippen molar-refractivity contribution in [2.75, 3.05) is 0 Å². The van der Waals surface area contributed by atoms with Crippen LogP contribution in [-0.4, -0.2) is 23.2 Å². The van der Waals surface area contributed by atoms with Gasteiger partial charge in [-0.15, -0.1) is 10.2 Å². The van der Waals surface area contributed by atoms with Crippen molar-refractivity contribution in [1.29, 1.82) is 0 Å². The Morgan fingerprint density at radius 3 is 2.40 bits per heavy atom. The van der Waals surface area contributed by atoms with Gasteiger partial charge in [0.15, 0.2) is 11.0 Å². The first-order valence-electron chi connectivity index (χ1n) is 9.65. The van der Waals surface area contributed by atoms with Crippen LogP contribution in [0.3, 0.4) is 0 Å². The summed E-state index contributed by atoms with van der Waals surface area (Å²) in [6.45, 7) is 4.07. The molecule has 0 aliphatic rings. The zero-order chi connectivity index (χ0) is 21.7. The predicted molar refractivity (Wildman–Crippen MR) is 121 cm³/mol. The van der Waals surface area contributed by atoms with E-state index in [-0.39, 0.29) is 4.90 Å². The second kappa shape index (κ2) is 9.96. The van der Waals surface area contributed by atoms with Crippen LogP contribution in [0.5, 0.6) is 0 Å².